The van der Waals surface area contributed by atoms with Gasteiger partial charge in [-0.25, -0.2) is 4.98 Å². The quantitative estimate of drug-likeness (QED) is 0.455. The number of nitrogens with zero attached hydrogens (tertiary/aromatic N) is 3. The molecule has 0 aliphatic heterocycles. The number of aromatic nitrogens is 2. The van der Waals surface area contributed by atoms with Gasteiger partial charge < -0.3 is 4.90 Å². The highest BCUT2D eigenvalue weighted by atomic mass is 35.5. The van der Waals surface area contributed by atoms with Gasteiger partial charge in [-0.05, 0) is 68.0 Å². The Morgan fingerprint density at radius 1 is 1.12 bits per heavy atom. The lowest BCUT2D eigenvalue weighted by atomic mass is 10.1. The molecule has 7 heteroatoms. The molecule has 178 valence electrons. The number of amides is 2. The van der Waals surface area contributed by atoms with Crippen molar-refractivity contribution >= 4 is 29.4 Å². The Kier molecular flexibility index (Phi) is 7.08. The minimum absolute atomic E-state index is 0.00130. The zero-order chi connectivity index (χ0) is 24.4. The fourth-order valence-electron chi connectivity index (χ4n) is 3.85. The van der Waals surface area contributed by atoms with Gasteiger partial charge in [0.15, 0.2) is 0 Å². The maximum absolute atomic E-state index is 13.1. The summed E-state index contributed by atoms with van der Waals surface area (Å²) >= 11 is 6.05. The second-order valence-corrected chi connectivity index (χ2v) is 9.90. The third-order valence-electron chi connectivity index (χ3n) is 6.18. The maximum Gasteiger partial charge on any atom is 0.246 e. The molecule has 0 atom stereocenters. The summed E-state index contributed by atoms with van der Waals surface area (Å²) < 4.78 is 1.88. The molecule has 0 saturated heterocycles. The van der Waals surface area contributed by atoms with Gasteiger partial charge in [0.1, 0.15) is 0 Å². The third-order valence-corrected chi connectivity index (χ3v) is 6.43. The summed E-state index contributed by atoms with van der Waals surface area (Å²) in [6.45, 7) is 8.50. The average Bonchev–Trinajstić information content (AvgIpc) is 3.52. The van der Waals surface area contributed by atoms with E-state index in [2.05, 4.69) is 31.3 Å². The van der Waals surface area contributed by atoms with E-state index in [0.717, 1.165) is 35.3 Å². The Morgan fingerprint density at radius 3 is 2.44 bits per heavy atom. The second-order valence-electron chi connectivity index (χ2n) is 9.46. The van der Waals surface area contributed by atoms with Crippen LogP contribution in [0.1, 0.15) is 37.8 Å². The highest BCUT2D eigenvalue weighted by Crippen LogP contribution is 2.30. The van der Waals surface area contributed by atoms with Crippen molar-refractivity contribution in [2.24, 2.45) is 11.8 Å². The maximum atomic E-state index is 13.1. The van der Waals surface area contributed by atoms with E-state index in [0.29, 0.717) is 23.4 Å². The van der Waals surface area contributed by atoms with Crippen LogP contribution in [0.3, 0.4) is 0 Å². The fourth-order valence-corrected chi connectivity index (χ4v) is 3.97. The van der Waals surface area contributed by atoms with E-state index in [1.165, 1.54) is 5.56 Å². The minimum Gasteiger partial charge on any atom is -0.333 e. The summed E-state index contributed by atoms with van der Waals surface area (Å²) in [6, 6.07) is 13.6. The predicted octanol–water partition coefficient (Wildman–Crippen LogP) is 5.64. The van der Waals surface area contributed by atoms with Gasteiger partial charge in [-0.15, -0.1) is 0 Å². The van der Waals surface area contributed by atoms with Crippen LogP contribution in [0.25, 0.3) is 16.9 Å². The first-order valence-corrected chi connectivity index (χ1v) is 12.1. The van der Waals surface area contributed by atoms with Crippen LogP contribution in [0.2, 0.25) is 5.02 Å². The van der Waals surface area contributed by atoms with Crippen LogP contribution in [-0.4, -0.2) is 39.4 Å². The van der Waals surface area contributed by atoms with Gasteiger partial charge in [0.05, 0.1) is 12.2 Å². The van der Waals surface area contributed by atoms with Crippen molar-refractivity contribution in [2.45, 2.75) is 40.5 Å². The van der Waals surface area contributed by atoms with Gasteiger partial charge in [-0.2, -0.15) is 0 Å². The summed E-state index contributed by atoms with van der Waals surface area (Å²) in [5, 5.41) is 3.61. The van der Waals surface area contributed by atoms with Crippen molar-refractivity contribution in [1.82, 2.24) is 14.5 Å². The second kappa shape index (κ2) is 10.0. The highest BCUT2D eigenvalue weighted by Gasteiger charge is 2.29. The van der Waals surface area contributed by atoms with E-state index >= 15 is 0 Å². The van der Waals surface area contributed by atoms with Gasteiger partial charge in [-0.1, -0.05) is 43.6 Å². The highest BCUT2D eigenvalue weighted by molar-refractivity contribution is 6.30. The summed E-state index contributed by atoms with van der Waals surface area (Å²) in [6.07, 6.45) is 4.14. The lowest BCUT2D eigenvalue weighted by Gasteiger charge is -2.24. The smallest absolute Gasteiger partial charge is 0.246 e. The molecular weight excluding hydrogens is 448 g/mol. The van der Waals surface area contributed by atoms with Crippen LogP contribution >= 0.6 is 11.6 Å². The topological polar surface area (TPSA) is 67.2 Å². The van der Waals surface area contributed by atoms with Gasteiger partial charge in [0.2, 0.25) is 17.8 Å². The monoisotopic (exact) mass is 478 g/mol. The number of carbonyl (C=O) groups is 2. The van der Waals surface area contributed by atoms with Gasteiger partial charge in [0, 0.05) is 34.9 Å². The molecule has 1 aromatic heterocycles. The van der Waals surface area contributed by atoms with Crippen LogP contribution in [-0.2, 0) is 9.59 Å². The van der Waals surface area contributed by atoms with Crippen LogP contribution < -0.4 is 5.32 Å². The number of carbonyl (C=O) groups excluding carboxylic acids is 2. The van der Waals surface area contributed by atoms with Crippen LogP contribution in [0, 0.1) is 25.7 Å². The Morgan fingerprint density at radius 2 is 1.82 bits per heavy atom. The summed E-state index contributed by atoms with van der Waals surface area (Å²) in [4.78, 5) is 32.2. The lowest BCUT2D eigenvalue weighted by molar-refractivity contribution is -0.137. The fraction of sp³-hybridized carbons (Fsp3) is 0.370. The summed E-state index contributed by atoms with van der Waals surface area (Å²) in [5.74, 6) is 0.515. The predicted molar refractivity (Wildman–Crippen MR) is 136 cm³/mol. The standard InChI is InChI=1S/C27H31ClN4O2/c1-17(2)26(34)31(14-20-6-7-20)16-25(33)30-27-29-24(21-8-10-22(28)11-9-21)15-32(27)23-12-5-18(3)19(4)13-23/h5,8-13,15,17,20H,6-7,14,16H2,1-4H3,(H,29,30,33). The van der Waals surface area contributed by atoms with Gasteiger partial charge >= 0.3 is 0 Å². The van der Waals surface area contributed by atoms with Crippen molar-refractivity contribution in [3.8, 4) is 16.9 Å². The molecule has 0 unspecified atom stereocenters. The number of hydrogen-bond donors (Lipinski definition) is 1. The van der Waals surface area contributed by atoms with Crippen molar-refractivity contribution in [3.63, 3.8) is 0 Å². The molecule has 6 nitrogen and oxygen atoms in total. The van der Waals surface area contributed by atoms with Crippen molar-refractivity contribution in [2.75, 3.05) is 18.4 Å². The molecule has 1 heterocycles. The molecule has 4 rings (SSSR count). The zero-order valence-electron chi connectivity index (χ0n) is 20.1. The molecular formula is C27H31ClN4O2. The van der Waals surface area contributed by atoms with E-state index < -0.39 is 0 Å². The molecule has 0 spiro atoms. The summed E-state index contributed by atoms with van der Waals surface area (Å²) in [5.41, 5.74) is 4.86. The number of benzene rings is 2. The Bertz CT molecular complexity index is 1200. The molecule has 1 fully saturated rings. The van der Waals surface area contributed by atoms with Crippen LogP contribution in [0.4, 0.5) is 5.95 Å². The minimum atomic E-state index is -0.256. The molecule has 0 radical (unpaired) electrons. The number of halogens is 1. The molecule has 1 saturated carbocycles. The van der Waals surface area contributed by atoms with Crippen molar-refractivity contribution in [1.29, 1.82) is 0 Å². The number of rotatable bonds is 8. The molecule has 0 bridgehead atoms. The molecule has 3 aromatic rings. The SMILES string of the molecule is Cc1ccc(-n2cc(-c3ccc(Cl)cc3)nc2NC(=O)CN(CC2CC2)C(=O)C(C)C)cc1C. The van der Waals surface area contributed by atoms with Crippen molar-refractivity contribution < 1.29 is 9.59 Å². The van der Waals surface area contributed by atoms with Gasteiger partial charge in [-0.3, -0.25) is 19.5 Å². The number of hydrogen-bond acceptors (Lipinski definition) is 3. The summed E-state index contributed by atoms with van der Waals surface area (Å²) in [7, 11) is 0. The first-order chi connectivity index (χ1) is 16.2. The first-order valence-electron chi connectivity index (χ1n) is 11.7. The number of nitrogens with one attached hydrogen (secondary N) is 1. The normalized spacial score (nSPS) is 13.2. The zero-order valence-corrected chi connectivity index (χ0v) is 20.9. The van der Waals surface area contributed by atoms with E-state index in [4.69, 9.17) is 16.6 Å². The lowest BCUT2D eigenvalue weighted by Crippen LogP contribution is -2.41. The molecule has 1 N–H and O–H groups in total. The Labute approximate surface area is 205 Å². The number of anilines is 1. The third kappa shape index (κ3) is 5.68. The molecule has 1 aliphatic carbocycles. The van der Waals surface area contributed by atoms with E-state index in [1.807, 2.05) is 54.9 Å². The Balaban J connectivity index is 1.63. The van der Waals surface area contributed by atoms with E-state index in [-0.39, 0.29) is 24.3 Å². The molecule has 2 aromatic carbocycles. The Hall–Kier alpha value is -3.12. The molecule has 34 heavy (non-hydrogen) atoms. The number of aryl methyl sites for hydroxylation is 2. The van der Waals surface area contributed by atoms with Crippen molar-refractivity contribution in [3.05, 3.63) is 64.8 Å². The average molecular weight is 479 g/mol. The van der Waals surface area contributed by atoms with Gasteiger partial charge in [0.25, 0.3) is 0 Å². The largest absolute Gasteiger partial charge is 0.333 e. The molecule has 2 amide bonds. The van der Waals surface area contributed by atoms with Crippen LogP contribution in [0.15, 0.2) is 48.7 Å². The first kappa shape index (κ1) is 24.0. The van der Waals surface area contributed by atoms with E-state index in [1.54, 1.807) is 4.90 Å². The molecule has 1 aliphatic rings. The van der Waals surface area contributed by atoms with Crippen LogP contribution in [0.5, 0.6) is 0 Å². The number of imidazole rings is 1. The van der Waals surface area contributed by atoms with E-state index in [9.17, 15) is 9.59 Å².